The lowest BCUT2D eigenvalue weighted by atomic mass is 9.87. The fourth-order valence-corrected chi connectivity index (χ4v) is 5.30. The normalized spacial score (nSPS) is 22.7. The number of anilines is 1. The van der Waals surface area contributed by atoms with Crippen molar-refractivity contribution in [3.8, 4) is 0 Å². The Morgan fingerprint density at radius 3 is 2.16 bits per heavy atom. The van der Waals surface area contributed by atoms with Crippen molar-refractivity contribution in [1.82, 2.24) is 4.90 Å². The Hall–Kier alpha value is -2.70. The van der Waals surface area contributed by atoms with Gasteiger partial charge in [-0.05, 0) is 49.9 Å². The van der Waals surface area contributed by atoms with Crippen LogP contribution in [0.1, 0.15) is 74.6 Å². The number of carbonyl (C=O) groups is 4. The number of esters is 1. The maximum absolute atomic E-state index is 13.5. The third-order valence-corrected chi connectivity index (χ3v) is 6.93. The number of nitrogens with zero attached hydrogens (tertiary/aromatic N) is 2. The van der Waals surface area contributed by atoms with Gasteiger partial charge in [0.25, 0.3) is 5.91 Å². The summed E-state index contributed by atoms with van der Waals surface area (Å²) >= 11 is 0. The van der Waals surface area contributed by atoms with Crippen molar-refractivity contribution in [3.63, 3.8) is 0 Å². The maximum Gasteiger partial charge on any atom is 0.337 e. The van der Waals surface area contributed by atoms with Crippen LogP contribution in [0.4, 0.5) is 5.69 Å². The first kappa shape index (κ1) is 21.5. The molecule has 3 amide bonds. The molecule has 1 unspecified atom stereocenters. The molecule has 3 aliphatic rings. The predicted octanol–water partition coefficient (Wildman–Crippen LogP) is 3.46. The van der Waals surface area contributed by atoms with E-state index in [1.165, 1.54) is 24.1 Å². The minimum absolute atomic E-state index is 0.0204. The van der Waals surface area contributed by atoms with E-state index in [1.54, 1.807) is 17.0 Å². The summed E-state index contributed by atoms with van der Waals surface area (Å²) in [5.74, 6) is -1.10. The van der Waals surface area contributed by atoms with Gasteiger partial charge in [0.15, 0.2) is 0 Å². The predicted molar refractivity (Wildman–Crippen MR) is 114 cm³/mol. The summed E-state index contributed by atoms with van der Waals surface area (Å²) in [6, 6.07) is 5.54. The lowest BCUT2D eigenvalue weighted by molar-refractivity contribution is -0.145. The van der Waals surface area contributed by atoms with Gasteiger partial charge in [0.05, 0.1) is 24.8 Å². The maximum atomic E-state index is 13.5. The summed E-state index contributed by atoms with van der Waals surface area (Å²) < 4.78 is 4.70. The molecule has 7 heteroatoms. The molecule has 7 nitrogen and oxygen atoms in total. The van der Waals surface area contributed by atoms with E-state index in [1.807, 2.05) is 0 Å². The molecule has 3 fully saturated rings. The van der Waals surface area contributed by atoms with E-state index in [2.05, 4.69) is 0 Å². The van der Waals surface area contributed by atoms with E-state index in [0.29, 0.717) is 11.3 Å². The van der Waals surface area contributed by atoms with Crippen LogP contribution in [0.25, 0.3) is 0 Å². The minimum Gasteiger partial charge on any atom is -0.465 e. The van der Waals surface area contributed by atoms with Gasteiger partial charge in [0.1, 0.15) is 6.04 Å². The molecule has 1 saturated heterocycles. The average Bonchev–Trinajstić information content (AvgIpc) is 3.42. The molecule has 1 atom stereocenters. The molecule has 0 N–H and O–H groups in total. The number of methoxy groups -OCH3 is 1. The molecule has 0 aromatic heterocycles. The first-order chi connectivity index (χ1) is 15.0. The van der Waals surface area contributed by atoms with Gasteiger partial charge >= 0.3 is 5.97 Å². The lowest BCUT2D eigenvalue weighted by Crippen LogP contribution is -2.52. The van der Waals surface area contributed by atoms with E-state index in [4.69, 9.17) is 4.74 Å². The third kappa shape index (κ3) is 4.23. The smallest absolute Gasteiger partial charge is 0.337 e. The Morgan fingerprint density at radius 1 is 0.935 bits per heavy atom. The van der Waals surface area contributed by atoms with Gasteiger partial charge in [-0.1, -0.05) is 32.1 Å². The molecule has 31 heavy (non-hydrogen) atoms. The Bertz CT molecular complexity index is 853. The fourth-order valence-electron chi connectivity index (χ4n) is 5.30. The molecule has 0 radical (unpaired) electrons. The van der Waals surface area contributed by atoms with Crippen LogP contribution in [0.3, 0.4) is 0 Å². The fraction of sp³-hybridized carbons (Fsp3) is 0.583. The van der Waals surface area contributed by atoms with Crippen molar-refractivity contribution < 1.29 is 23.9 Å². The van der Waals surface area contributed by atoms with E-state index >= 15 is 0 Å². The van der Waals surface area contributed by atoms with Crippen LogP contribution in [-0.2, 0) is 19.1 Å². The molecule has 1 aliphatic heterocycles. The quantitative estimate of drug-likeness (QED) is 0.532. The molecular weight excluding hydrogens is 396 g/mol. The van der Waals surface area contributed by atoms with Crippen LogP contribution in [0.2, 0.25) is 0 Å². The SMILES string of the molecule is COC(=O)c1ccc(N2C(=O)CC(N(C(=O)C3CCCCC3)C3CCCC3)C2=O)cc1. The summed E-state index contributed by atoms with van der Waals surface area (Å²) in [6.07, 6.45) is 8.89. The minimum atomic E-state index is -0.731. The van der Waals surface area contributed by atoms with Gasteiger partial charge in [0, 0.05) is 12.0 Å². The van der Waals surface area contributed by atoms with Crippen molar-refractivity contribution in [2.24, 2.45) is 5.92 Å². The zero-order valence-electron chi connectivity index (χ0n) is 18.0. The third-order valence-electron chi connectivity index (χ3n) is 6.93. The van der Waals surface area contributed by atoms with Crippen LogP contribution in [-0.4, -0.2) is 47.8 Å². The highest BCUT2D eigenvalue weighted by Crippen LogP contribution is 2.35. The number of amides is 3. The molecule has 2 saturated carbocycles. The molecule has 4 rings (SSSR count). The summed E-state index contributed by atoms with van der Waals surface area (Å²) in [4.78, 5) is 54.4. The van der Waals surface area contributed by atoms with Crippen molar-refractivity contribution >= 4 is 29.4 Å². The molecular formula is C24H30N2O5. The number of hydrogen-bond donors (Lipinski definition) is 0. The van der Waals surface area contributed by atoms with E-state index in [-0.39, 0.29) is 36.1 Å². The van der Waals surface area contributed by atoms with Crippen LogP contribution in [0.15, 0.2) is 24.3 Å². The zero-order chi connectivity index (χ0) is 22.0. The van der Waals surface area contributed by atoms with Crippen molar-refractivity contribution in [1.29, 1.82) is 0 Å². The summed E-state index contributed by atoms with van der Waals surface area (Å²) in [7, 11) is 1.30. The number of hydrogen-bond acceptors (Lipinski definition) is 5. The Balaban J connectivity index is 1.58. The first-order valence-corrected chi connectivity index (χ1v) is 11.4. The van der Waals surface area contributed by atoms with Crippen LogP contribution in [0, 0.1) is 5.92 Å². The molecule has 0 spiro atoms. The Kier molecular flexibility index (Phi) is 6.39. The summed E-state index contributed by atoms with van der Waals surface area (Å²) in [5.41, 5.74) is 0.767. The second kappa shape index (κ2) is 9.20. The van der Waals surface area contributed by atoms with E-state index in [9.17, 15) is 19.2 Å². The van der Waals surface area contributed by atoms with E-state index in [0.717, 1.165) is 57.8 Å². The van der Waals surface area contributed by atoms with Gasteiger partial charge < -0.3 is 9.64 Å². The molecule has 0 bridgehead atoms. The van der Waals surface area contributed by atoms with Crippen molar-refractivity contribution in [2.75, 3.05) is 12.0 Å². The van der Waals surface area contributed by atoms with Crippen LogP contribution >= 0.6 is 0 Å². The number of benzene rings is 1. The van der Waals surface area contributed by atoms with Gasteiger partial charge in [0.2, 0.25) is 11.8 Å². The zero-order valence-corrected chi connectivity index (χ0v) is 18.0. The second-order valence-electron chi connectivity index (χ2n) is 8.84. The standard InChI is InChI=1S/C24H30N2O5/c1-31-24(30)17-11-13-19(14-12-17)26-21(27)15-20(23(26)29)25(18-9-5-6-10-18)22(28)16-7-3-2-4-8-16/h11-14,16,18,20H,2-10,15H2,1H3. The molecule has 1 aromatic carbocycles. The van der Waals surface area contributed by atoms with Crippen LogP contribution < -0.4 is 4.90 Å². The number of rotatable bonds is 5. The van der Waals surface area contributed by atoms with Crippen molar-refractivity contribution in [3.05, 3.63) is 29.8 Å². The van der Waals surface area contributed by atoms with E-state index < -0.39 is 12.0 Å². The second-order valence-corrected chi connectivity index (χ2v) is 8.84. The van der Waals surface area contributed by atoms with Crippen molar-refractivity contribution in [2.45, 2.75) is 76.3 Å². The number of imide groups is 1. The lowest BCUT2D eigenvalue weighted by Gasteiger charge is -2.36. The molecule has 1 aromatic rings. The average molecular weight is 427 g/mol. The molecule has 166 valence electrons. The largest absolute Gasteiger partial charge is 0.465 e. The summed E-state index contributed by atoms with van der Waals surface area (Å²) in [5, 5.41) is 0. The topological polar surface area (TPSA) is 84.0 Å². The first-order valence-electron chi connectivity index (χ1n) is 11.4. The Labute approximate surface area is 182 Å². The molecule has 1 heterocycles. The highest BCUT2D eigenvalue weighted by molar-refractivity contribution is 6.23. The molecule has 2 aliphatic carbocycles. The highest BCUT2D eigenvalue weighted by Gasteiger charge is 2.47. The van der Waals surface area contributed by atoms with Gasteiger partial charge in [-0.15, -0.1) is 0 Å². The monoisotopic (exact) mass is 426 g/mol. The van der Waals surface area contributed by atoms with Gasteiger partial charge in [-0.25, -0.2) is 9.69 Å². The van der Waals surface area contributed by atoms with Gasteiger partial charge in [-0.2, -0.15) is 0 Å². The summed E-state index contributed by atoms with van der Waals surface area (Å²) in [6.45, 7) is 0. The number of ether oxygens (including phenoxy) is 1. The number of carbonyl (C=O) groups excluding carboxylic acids is 4. The van der Waals surface area contributed by atoms with Gasteiger partial charge in [-0.3, -0.25) is 14.4 Å². The Morgan fingerprint density at radius 2 is 1.55 bits per heavy atom. The van der Waals surface area contributed by atoms with Crippen LogP contribution in [0.5, 0.6) is 0 Å². The highest BCUT2D eigenvalue weighted by atomic mass is 16.5.